The fraction of sp³-hybridized carbons (Fsp3) is 0.0833. The van der Waals surface area contributed by atoms with Crippen LogP contribution in [0.2, 0.25) is 0 Å². The molecule has 1 aromatic heterocycles. The van der Waals surface area contributed by atoms with Gasteiger partial charge < -0.3 is 9.73 Å². The monoisotopic (exact) mass is 295 g/mol. The van der Waals surface area contributed by atoms with E-state index in [-0.39, 0.29) is 17.2 Å². The molecule has 0 unspecified atom stereocenters. The van der Waals surface area contributed by atoms with Crippen molar-refractivity contribution >= 4 is 15.7 Å². The summed E-state index contributed by atoms with van der Waals surface area (Å²) in [5.41, 5.74) is 0.561. The van der Waals surface area contributed by atoms with E-state index in [9.17, 15) is 12.8 Å². The van der Waals surface area contributed by atoms with E-state index in [0.29, 0.717) is 11.4 Å². The molecule has 0 saturated carbocycles. The summed E-state index contributed by atoms with van der Waals surface area (Å²) in [4.78, 5) is 0. The molecule has 0 bridgehead atoms. The summed E-state index contributed by atoms with van der Waals surface area (Å²) in [6.07, 6.45) is 0. The Morgan fingerprint density at radius 3 is 2.70 bits per heavy atom. The van der Waals surface area contributed by atoms with Crippen molar-refractivity contribution < 1.29 is 17.2 Å². The third-order valence-electron chi connectivity index (χ3n) is 2.47. The Morgan fingerprint density at radius 1 is 1.35 bits per heavy atom. The lowest BCUT2D eigenvalue weighted by Gasteiger charge is -2.06. The van der Waals surface area contributed by atoms with Crippen LogP contribution in [0.4, 0.5) is 10.1 Å². The summed E-state index contributed by atoms with van der Waals surface area (Å²) >= 11 is 0. The number of anilines is 1. The lowest BCUT2D eigenvalue weighted by molar-refractivity contribution is 0.419. The van der Waals surface area contributed by atoms with E-state index >= 15 is 0 Å². The van der Waals surface area contributed by atoms with Gasteiger partial charge >= 0.3 is 0 Å². The molecule has 104 valence electrons. The van der Waals surface area contributed by atoms with Crippen LogP contribution in [-0.2, 0) is 16.6 Å². The van der Waals surface area contributed by atoms with Crippen molar-refractivity contribution in [2.24, 2.45) is 5.14 Å². The quantitative estimate of drug-likeness (QED) is 0.889. The second-order valence-corrected chi connectivity index (χ2v) is 5.41. The van der Waals surface area contributed by atoms with Crippen LogP contribution in [0.5, 0.6) is 0 Å². The summed E-state index contributed by atoms with van der Waals surface area (Å²) in [6.45, 7) is 0.135. The number of primary sulfonamides is 1. The molecule has 8 heteroatoms. The zero-order valence-electron chi connectivity index (χ0n) is 10.1. The third kappa shape index (κ3) is 3.14. The van der Waals surface area contributed by atoms with E-state index in [1.54, 1.807) is 0 Å². The average Bonchev–Trinajstić information content (AvgIpc) is 2.86. The van der Waals surface area contributed by atoms with Gasteiger partial charge in [0, 0.05) is 0 Å². The Hall–Kier alpha value is -2.37. The summed E-state index contributed by atoms with van der Waals surface area (Å²) in [7, 11) is -3.88. The largest absolute Gasteiger partial charge is 0.446 e. The minimum Gasteiger partial charge on any atom is -0.446 e. The highest BCUT2D eigenvalue weighted by Gasteiger charge is 2.13. The van der Waals surface area contributed by atoms with E-state index in [2.05, 4.69) is 5.32 Å². The SMILES string of the molecule is N#Cc1cc(F)ccc1NCc1ccc(S(N)(=O)=O)o1. The summed E-state index contributed by atoms with van der Waals surface area (Å²) in [5, 5.41) is 16.3. The first-order chi connectivity index (χ1) is 9.40. The predicted molar refractivity (Wildman–Crippen MR) is 68.5 cm³/mol. The van der Waals surface area contributed by atoms with Gasteiger partial charge in [0.15, 0.2) is 0 Å². The Labute approximate surface area is 114 Å². The summed E-state index contributed by atoms with van der Waals surface area (Å²) < 4.78 is 40.1. The van der Waals surface area contributed by atoms with Crippen molar-refractivity contribution in [3.63, 3.8) is 0 Å². The number of halogens is 1. The summed E-state index contributed by atoms with van der Waals surface area (Å²) in [6, 6.07) is 8.26. The molecule has 0 radical (unpaired) electrons. The van der Waals surface area contributed by atoms with Crippen LogP contribution in [0.3, 0.4) is 0 Å². The van der Waals surface area contributed by atoms with Crippen molar-refractivity contribution in [3.05, 3.63) is 47.5 Å². The van der Waals surface area contributed by atoms with Gasteiger partial charge in [0.2, 0.25) is 5.09 Å². The van der Waals surface area contributed by atoms with Gasteiger partial charge in [-0.1, -0.05) is 0 Å². The first-order valence-electron chi connectivity index (χ1n) is 5.45. The average molecular weight is 295 g/mol. The Bertz CT molecular complexity index is 777. The van der Waals surface area contributed by atoms with Crippen molar-refractivity contribution in [1.82, 2.24) is 0 Å². The van der Waals surface area contributed by atoms with Gasteiger partial charge in [-0.05, 0) is 30.3 Å². The van der Waals surface area contributed by atoms with Gasteiger partial charge in [0.1, 0.15) is 17.6 Å². The molecule has 20 heavy (non-hydrogen) atoms. The molecule has 3 N–H and O–H groups in total. The number of nitriles is 1. The molecular formula is C12H10FN3O3S. The molecule has 2 aromatic rings. The molecule has 0 spiro atoms. The molecule has 0 aliphatic heterocycles. The fourth-order valence-electron chi connectivity index (χ4n) is 1.55. The first kappa shape index (κ1) is 14.0. The van der Waals surface area contributed by atoms with Gasteiger partial charge in [-0.15, -0.1) is 0 Å². The predicted octanol–water partition coefficient (Wildman–Crippen LogP) is 1.55. The molecule has 1 heterocycles. The van der Waals surface area contributed by atoms with Crippen LogP contribution in [0, 0.1) is 17.1 Å². The maximum atomic E-state index is 13.0. The van der Waals surface area contributed by atoms with Gasteiger partial charge in [-0.2, -0.15) is 5.26 Å². The number of hydrogen-bond donors (Lipinski definition) is 2. The van der Waals surface area contributed by atoms with Gasteiger partial charge in [-0.25, -0.2) is 17.9 Å². The smallest absolute Gasteiger partial charge is 0.271 e. The molecule has 0 aliphatic carbocycles. The zero-order chi connectivity index (χ0) is 14.8. The molecule has 0 saturated heterocycles. The molecule has 0 atom stereocenters. The highest BCUT2D eigenvalue weighted by molar-refractivity contribution is 7.89. The van der Waals surface area contributed by atoms with Crippen LogP contribution in [0.1, 0.15) is 11.3 Å². The number of nitrogens with two attached hydrogens (primary N) is 1. The standard InChI is InChI=1S/C12H10FN3O3S/c13-9-1-3-11(8(5-9)6-14)16-7-10-2-4-12(19-10)20(15,17)18/h1-5,16H,7H2,(H2,15,17,18). The van der Waals surface area contributed by atoms with Crippen molar-refractivity contribution in [2.45, 2.75) is 11.6 Å². The molecule has 0 aliphatic rings. The lowest BCUT2D eigenvalue weighted by atomic mass is 10.2. The Kier molecular flexibility index (Phi) is 3.74. The van der Waals surface area contributed by atoms with Crippen LogP contribution < -0.4 is 10.5 Å². The normalized spacial score (nSPS) is 11.1. The van der Waals surface area contributed by atoms with Crippen molar-refractivity contribution in [1.29, 1.82) is 5.26 Å². The topological polar surface area (TPSA) is 109 Å². The van der Waals surface area contributed by atoms with E-state index in [1.165, 1.54) is 24.3 Å². The van der Waals surface area contributed by atoms with Crippen LogP contribution in [0.25, 0.3) is 0 Å². The zero-order valence-corrected chi connectivity index (χ0v) is 10.9. The maximum Gasteiger partial charge on any atom is 0.271 e. The van der Waals surface area contributed by atoms with Crippen molar-refractivity contribution in [3.8, 4) is 6.07 Å². The van der Waals surface area contributed by atoms with Crippen molar-refractivity contribution in [2.75, 3.05) is 5.32 Å². The molecule has 0 fully saturated rings. The Morgan fingerprint density at radius 2 is 2.10 bits per heavy atom. The molecule has 2 rings (SSSR count). The lowest BCUT2D eigenvalue weighted by Crippen LogP contribution is -2.10. The first-order valence-corrected chi connectivity index (χ1v) is 7.00. The highest BCUT2D eigenvalue weighted by atomic mass is 32.2. The Balaban J connectivity index is 2.14. The third-order valence-corrected chi connectivity index (χ3v) is 3.25. The van der Waals surface area contributed by atoms with Gasteiger partial charge in [-0.3, -0.25) is 0 Å². The molecule has 6 nitrogen and oxygen atoms in total. The number of furan rings is 1. The van der Waals surface area contributed by atoms with Crippen LogP contribution >= 0.6 is 0 Å². The maximum absolute atomic E-state index is 13.0. The minimum atomic E-state index is -3.88. The highest BCUT2D eigenvalue weighted by Crippen LogP contribution is 2.18. The number of rotatable bonds is 4. The minimum absolute atomic E-state index is 0.135. The second kappa shape index (κ2) is 5.32. The number of nitrogens with zero attached hydrogens (tertiary/aromatic N) is 1. The number of nitrogens with one attached hydrogen (secondary N) is 1. The number of sulfonamides is 1. The van der Waals surface area contributed by atoms with E-state index < -0.39 is 15.8 Å². The van der Waals surface area contributed by atoms with E-state index in [0.717, 1.165) is 6.07 Å². The van der Waals surface area contributed by atoms with Gasteiger partial charge in [0.25, 0.3) is 10.0 Å². The van der Waals surface area contributed by atoms with Crippen LogP contribution in [-0.4, -0.2) is 8.42 Å². The second-order valence-electron chi connectivity index (χ2n) is 3.92. The number of benzene rings is 1. The number of hydrogen-bond acceptors (Lipinski definition) is 5. The van der Waals surface area contributed by atoms with E-state index in [1.807, 2.05) is 6.07 Å². The van der Waals surface area contributed by atoms with Gasteiger partial charge in [0.05, 0.1) is 17.8 Å². The van der Waals surface area contributed by atoms with E-state index in [4.69, 9.17) is 14.8 Å². The molecule has 1 aromatic carbocycles. The summed E-state index contributed by atoms with van der Waals surface area (Å²) in [5.74, 6) is -0.191. The van der Waals surface area contributed by atoms with Crippen LogP contribution in [0.15, 0.2) is 39.8 Å². The molecular weight excluding hydrogens is 285 g/mol. The molecule has 0 amide bonds. The fourth-order valence-corrected chi connectivity index (χ4v) is 2.03.